The molecular formula is C48H108BO3P3. The maximum atomic E-state index is 8.63. The van der Waals surface area contributed by atoms with E-state index in [2.05, 4.69) is 166 Å². The topological polar surface area (TPSA) is 27.7 Å². The Morgan fingerprint density at radius 3 is 0.382 bits per heavy atom. The van der Waals surface area contributed by atoms with Gasteiger partial charge in [-0.2, -0.15) is 0 Å². The Kier molecular flexibility index (Phi) is 22.9. The molecule has 3 nitrogen and oxygen atoms in total. The summed E-state index contributed by atoms with van der Waals surface area (Å²) in [5.41, 5.74) is 0. The number of hydrogen-bond donors (Lipinski definition) is 0. The summed E-state index contributed by atoms with van der Waals surface area (Å²) in [7, 11) is -0.631. The Morgan fingerprint density at radius 1 is 0.218 bits per heavy atom. The van der Waals surface area contributed by atoms with E-state index in [4.69, 9.17) is 13.3 Å². The first-order valence-corrected chi connectivity index (χ1v) is 32.5. The Hall–Kier alpha value is 1.23. The SMILES string of the molecule is CC(C)CP(CC(C)C)(CC(C)C)(CC(C)C)OB(OP(CC(C)C)(CC(C)C)(CC(C)C)CC(C)C)OP(CC(C)C)(CC(C)C)(CC(C)C)CC(C)C. The Labute approximate surface area is 350 Å². The average Bonchev–Trinajstić information content (AvgIpc) is 2.81. The van der Waals surface area contributed by atoms with Crippen molar-refractivity contribution in [1.29, 1.82) is 0 Å². The fraction of sp³-hybridized carbons (Fsp3) is 1.00. The quantitative estimate of drug-likeness (QED) is 0.0533. The molecule has 336 valence electrons. The van der Waals surface area contributed by atoms with Gasteiger partial charge in [0.1, 0.15) is 0 Å². The predicted molar refractivity (Wildman–Crippen MR) is 266 cm³/mol. The average molecular weight is 837 g/mol. The van der Waals surface area contributed by atoms with Gasteiger partial charge in [0.15, 0.2) is 0 Å². The summed E-state index contributed by atoms with van der Waals surface area (Å²) in [6.45, 7) is 50.2. The summed E-state index contributed by atoms with van der Waals surface area (Å²) in [4.78, 5) is 0. The van der Waals surface area contributed by atoms with Gasteiger partial charge < -0.3 is 0 Å². The third-order valence-corrected chi connectivity index (χ3v) is 33.2. The normalized spacial score (nSPS) is 16.3. The van der Waals surface area contributed by atoms with Crippen molar-refractivity contribution in [2.75, 3.05) is 73.9 Å². The summed E-state index contributed by atoms with van der Waals surface area (Å²) in [5, 5.41) is 0. The van der Waals surface area contributed by atoms with Crippen LogP contribution < -0.4 is 0 Å². The van der Waals surface area contributed by atoms with E-state index < -0.39 is 27.8 Å². The zero-order chi connectivity index (χ0) is 43.5. The first-order valence-electron chi connectivity index (χ1n) is 23.8. The Bertz CT molecular complexity index is 791. The molecule has 0 unspecified atom stereocenters. The molecule has 0 aliphatic carbocycles. The Balaban J connectivity index is 9.21. The van der Waals surface area contributed by atoms with Gasteiger partial charge >= 0.3 is 352 Å². The Morgan fingerprint density at radius 2 is 0.309 bits per heavy atom. The van der Waals surface area contributed by atoms with Gasteiger partial charge in [0.2, 0.25) is 0 Å². The first-order chi connectivity index (χ1) is 24.7. The zero-order valence-electron chi connectivity index (χ0n) is 42.6. The molecule has 0 saturated carbocycles. The molecule has 7 heteroatoms. The van der Waals surface area contributed by atoms with Crippen molar-refractivity contribution in [3.05, 3.63) is 0 Å². The van der Waals surface area contributed by atoms with Crippen LogP contribution in [0, 0.1) is 71.0 Å². The third kappa shape index (κ3) is 18.8. The zero-order valence-corrected chi connectivity index (χ0v) is 45.2. The summed E-state index contributed by atoms with van der Waals surface area (Å²) >= 11 is 0. The predicted octanol–water partition coefficient (Wildman–Crippen LogP) is 16.3. The van der Waals surface area contributed by atoms with Crippen molar-refractivity contribution in [3.63, 3.8) is 0 Å². The minimum absolute atomic E-state index is 0.537. The maximum absolute atomic E-state index is 8.63. The molecule has 0 atom stereocenters. The third-order valence-electron chi connectivity index (χ3n) is 11.1. The van der Waals surface area contributed by atoms with E-state index in [0.29, 0.717) is 71.0 Å². The van der Waals surface area contributed by atoms with E-state index in [0.717, 1.165) is 73.9 Å². The van der Waals surface area contributed by atoms with E-state index in [1.807, 2.05) is 0 Å². The van der Waals surface area contributed by atoms with E-state index in [-0.39, 0.29) is 0 Å². The molecule has 0 amide bonds. The molecule has 0 fully saturated rings. The summed E-state index contributed by atoms with van der Waals surface area (Å²) in [6.07, 6.45) is 13.8. The minimum atomic E-state index is -2.98. The summed E-state index contributed by atoms with van der Waals surface area (Å²) < 4.78 is 25.9. The van der Waals surface area contributed by atoms with Gasteiger partial charge in [-0.25, -0.2) is 0 Å². The fourth-order valence-electron chi connectivity index (χ4n) is 13.7. The molecule has 55 heavy (non-hydrogen) atoms. The van der Waals surface area contributed by atoms with Crippen LogP contribution in [0.3, 0.4) is 0 Å². The van der Waals surface area contributed by atoms with Gasteiger partial charge in [-0.05, 0) is 0 Å². The molecule has 0 aromatic rings. The van der Waals surface area contributed by atoms with Gasteiger partial charge in [-0.15, -0.1) is 0 Å². The van der Waals surface area contributed by atoms with Crippen LogP contribution in [0.4, 0.5) is 0 Å². The molecule has 0 aliphatic rings. The van der Waals surface area contributed by atoms with E-state index in [9.17, 15) is 0 Å². The first kappa shape index (κ1) is 56.2. The van der Waals surface area contributed by atoms with E-state index in [1.54, 1.807) is 0 Å². The van der Waals surface area contributed by atoms with Crippen LogP contribution >= 0.6 is 20.5 Å². The monoisotopic (exact) mass is 837 g/mol. The van der Waals surface area contributed by atoms with Crippen molar-refractivity contribution in [2.45, 2.75) is 166 Å². The molecule has 0 aliphatic heterocycles. The van der Waals surface area contributed by atoms with Crippen LogP contribution in [0.15, 0.2) is 0 Å². The molecule has 0 spiro atoms. The second-order valence-electron chi connectivity index (χ2n) is 25.1. The standard InChI is InChI=1S/C48H108BO3P3/c1-37(2)25-53(26-38(3)4,27-39(5)6,28-40(7)8)50-49(51-54(29-41(9)10,30-42(11)12,31-43(13)14)32-44(15)16)52-55(33-45(17)18,34-46(19)20,35-47(21)22)36-48(23)24/h37-48H,25-36H2,1-24H3. The van der Waals surface area contributed by atoms with Crippen LogP contribution in [-0.4, -0.2) is 81.3 Å². The van der Waals surface area contributed by atoms with Crippen LogP contribution in [-0.2, 0) is 13.3 Å². The second-order valence-corrected chi connectivity index (χ2v) is 41.3. The van der Waals surface area contributed by atoms with Crippen LogP contribution in [0.25, 0.3) is 0 Å². The van der Waals surface area contributed by atoms with Crippen molar-refractivity contribution >= 4 is 27.8 Å². The van der Waals surface area contributed by atoms with Gasteiger partial charge in [0.25, 0.3) is 0 Å². The van der Waals surface area contributed by atoms with Gasteiger partial charge in [0.05, 0.1) is 0 Å². The number of rotatable bonds is 30. The van der Waals surface area contributed by atoms with Crippen LogP contribution in [0.2, 0.25) is 0 Å². The molecule has 0 aromatic heterocycles. The number of hydrogen-bond acceptors (Lipinski definition) is 3. The summed E-state index contributed by atoms with van der Waals surface area (Å²) in [6, 6.07) is 0. The van der Waals surface area contributed by atoms with Crippen LogP contribution in [0.1, 0.15) is 166 Å². The molecule has 0 heterocycles. The molecule has 0 aromatic carbocycles. The van der Waals surface area contributed by atoms with Crippen molar-refractivity contribution in [3.8, 4) is 0 Å². The van der Waals surface area contributed by atoms with Gasteiger partial charge in [-0.1, -0.05) is 0 Å². The molecule has 0 radical (unpaired) electrons. The molecule has 0 rings (SSSR count). The molecular weight excluding hydrogens is 728 g/mol. The molecule has 0 N–H and O–H groups in total. The van der Waals surface area contributed by atoms with Gasteiger partial charge in [-0.3, -0.25) is 0 Å². The van der Waals surface area contributed by atoms with Crippen molar-refractivity contribution < 1.29 is 13.3 Å². The second kappa shape index (κ2) is 22.4. The van der Waals surface area contributed by atoms with Gasteiger partial charge in [0, 0.05) is 0 Å². The van der Waals surface area contributed by atoms with Crippen molar-refractivity contribution in [2.24, 2.45) is 71.0 Å². The van der Waals surface area contributed by atoms with Crippen molar-refractivity contribution in [1.82, 2.24) is 0 Å². The summed E-state index contributed by atoms with van der Waals surface area (Å²) in [5.74, 6) is 6.45. The van der Waals surface area contributed by atoms with E-state index in [1.165, 1.54) is 0 Å². The molecule has 0 bridgehead atoms. The van der Waals surface area contributed by atoms with Crippen LogP contribution in [0.5, 0.6) is 0 Å². The fourth-order valence-corrected chi connectivity index (χ4v) is 41.5. The molecule has 0 saturated heterocycles. The van der Waals surface area contributed by atoms with E-state index >= 15 is 0 Å².